The predicted molar refractivity (Wildman–Crippen MR) is 73.1 cm³/mol. The van der Waals surface area contributed by atoms with Crippen molar-refractivity contribution in [3.8, 4) is 5.75 Å². The maximum absolute atomic E-state index is 12.0. The molecule has 19 heavy (non-hydrogen) atoms. The Morgan fingerprint density at radius 1 is 1.21 bits per heavy atom. The number of rotatable bonds is 4. The number of carbonyl (C=O) groups excluding carboxylic acids is 1. The number of hydrogen-bond donors (Lipinski definition) is 1. The topological polar surface area (TPSA) is 51.2 Å². The Hall–Kier alpha value is -2.36. The van der Waals surface area contributed by atoms with Crippen LogP contribution in [0.1, 0.15) is 29.0 Å². The van der Waals surface area contributed by atoms with E-state index in [-0.39, 0.29) is 11.9 Å². The Kier molecular flexibility index (Phi) is 4.13. The van der Waals surface area contributed by atoms with E-state index in [9.17, 15) is 4.79 Å². The summed E-state index contributed by atoms with van der Waals surface area (Å²) in [5.74, 6) is 0.565. The second-order valence-electron chi connectivity index (χ2n) is 4.15. The van der Waals surface area contributed by atoms with E-state index in [4.69, 9.17) is 4.74 Å². The van der Waals surface area contributed by atoms with E-state index in [0.29, 0.717) is 5.69 Å². The van der Waals surface area contributed by atoms with Gasteiger partial charge in [0.05, 0.1) is 13.2 Å². The minimum absolute atomic E-state index is 0.148. The number of aromatic nitrogens is 1. The van der Waals surface area contributed by atoms with Gasteiger partial charge >= 0.3 is 0 Å². The molecule has 2 rings (SSSR count). The minimum Gasteiger partial charge on any atom is -0.496 e. The van der Waals surface area contributed by atoms with Crippen LogP contribution >= 0.6 is 0 Å². The van der Waals surface area contributed by atoms with Gasteiger partial charge in [-0.2, -0.15) is 0 Å². The van der Waals surface area contributed by atoms with Crippen LogP contribution in [0, 0.1) is 0 Å². The fraction of sp³-hybridized carbons (Fsp3) is 0.200. The highest BCUT2D eigenvalue weighted by atomic mass is 16.5. The van der Waals surface area contributed by atoms with Crippen molar-refractivity contribution in [2.75, 3.05) is 7.11 Å². The first-order chi connectivity index (χ1) is 9.22. The molecule has 0 aliphatic rings. The third-order valence-electron chi connectivity index (χ3n) is 2.85. The van der Waals surface area contributed by atoms with Crippen LogP contribution in [-0.4, -0.2) is 18.0 Å². The molecule has 0 bridgehead atoms. The van der Waals surface area contributed by atoms with Gasteiger partial charge in [0.1, 0.15) is 11.4 Å². The van der Waals surface area contributed by atoms with E-state index in [1.54, 1.807) is 31.5 Å². The van der Waals surface area contributed by atoms with Crippen LogP contribution in [0.4, 0.5) is 0 Å². The predicted octanol–water partition coefficient (Wildman–Crippen LogP) is 2.58. The number of nitrogens with zero attached hydrogens (tertiary/aromatic N) is 1. The Bertz CT molecular complexity index is 555. The maximum Gasteiger partial charge on any atom is 0.270 e. The van der Waals surface area contributed by atoms with Gasteiger partial charge in [0, 0.05) is 11.8 Å². The molecule has 1 aromatic heterocycles. The Morgan fingerprint density at radius 3 is 2.63 bits per heavy atom. The van der Waals surface area contributed by atoms with Crippen LogP contribution in [-0.2, 0) is 0 Å². The summed E-state index contributed by atoms with van der Waals surface area (Å²) < 4.78 is 5.29. The minimum atomic E-state index is -0.195. The molecule has 4 nitrogen and oxygen atoms in total. The molecule has 1 atom stereocenters. The molecule has 98 valence electrons. The third kappa shape index (κ3) is 3.10. The molecule has 0 aliphatic heterocycles. The van der Waals surface area contributed by atoms with Crippen molar-refractivity contribution in [3.05, 3.63) is 59.9 Å². The Balaban J connectivity index is 2.13. The average molecular weight is 256 g/mol. The molecule has 0 fully saturated rings. The molecule has 4 heteroatoms. The first-order valence-electron chi connectivity index (χ1n) is 6.07. The highest BCUT2D eigenvalue weighted by molar-refractivity contribution is 5.92. The van der Waals surface area contributed by atoms with E-state index >= 15 is 0 Å². The Labute approximate surface area is 112 Å². The summed E-state index contributed by atoms with van der Waals surface area (Å²) in [5.41, 5.74) is 1.35. The van der Waals surface area contributed by atoms with Gasteiger partial charge in [-0.15, -0.1) is 0 Å². The molecule has 0 spiro atoms. The highest BCUT2D eigenvalue weighted by Gasteiger charge is 2.14. The SMILES string of the molecule is COc1ccccc1[C@@H](C)NC(=O)c1ccccn1. The van der Waals surface area contributed by atoms with Gasteiger partial charge in [0.25, 0.3) is 5.91 Å². The average Bonchev–Trinajstić information content (AvgIpc) is 2.48. The second kappa shape index (κ2) is 6.00. The second-order valence-corrected chi connectivity index (χ2v) is 4.15. The number of amides is 1. The molecule has 0 saturated carbocycles. The van der Waals surface area contributed by atoms with Crippen molar-refractivity contribution in [3.63, 3.8) is 0 Å². The molecule has 1 N–H and O–H groups in total. The lowest BCUT2D eigenvalue weighted by atomic mass is 10.1. The van der Waals surface area contributed by atoms with Crippen molar-refractivity contribution in [1.82, 2.24) is 10.3 Å². The molecule has 0 radical (unpaired) electrons. The first kappa shape index (κ1) is 13.1. The summed E-state index contributed by atoms with van der Waals surface area (Å²) in [6, 6.07) is 12.7. The van der Waals surface area contributed by atoms with Crippen molar-refractivity contribution in [2.24, 2.45) is 0 Å². The maximum atomic E-state index is 12.0. The van der Waals surface area contributed by atoms with Gasteiger partial charge < -0.3 is 10.1 Å². The summed E-state index contributed by atoms with van der Waals surface area (Å²) >= 11 is 0. The van der Waals surface area contributed by atoms with Crippen molar-refractivity contribution < 1.29 is 9.53 Å². The van der Waals surface area contributed by atoms with E-state index in [2.05, 4.69) is 10.3 Å². The molecule has 0 unspecified atom stereocenters. The molecular weight excluding hydrogens is 240 g/mol. The first-order valence-corrected chi connectivity index (χ1v) is 6.07. The zero-order valence-corrected chi connectivity index (χ0v) is 11.0. The summed E-state index contributed by atoms with van der Waals surface area (Å²) in [5, 5.41) is 2.91. The number of ether oxygens (including phenoxy) is 1. The number of para-hydroxylation sites is 1. The quantitative estimate of drug-likeness (QED) is 0.914. The van der Waals surface area contributed by atoms with E-state index in [1.807, 2.05) is 31.2 Å². The van der Waals surface area contributed by atoms with Gasteiger partial charge in [-0.3, -0.25) is 9.78 Å². The Morgan fingerprint density at radius 2 is 1.95 bits per heavy atom. The standard InChI is InChI=1S/C15H16N2O2/c1-11(12-7-3-4-9-14(12)19-2)17-15(18)13-8-5-6-10-16-13/h3-11H,1-2H3,(H,17,18)/t11-/m1/s1. The largest absolute Gasteiger partial charge is 0.496 e. The lowest BCUT2D eigenvalue weighted by Gasteiger charge is -2.16. The molecule has 1 amide bonds. The third-order valence-corrected chi connectivity index (χ3v) is 2.85. The zero-order valence-electron chi connectivity index (χ0n) is 11.0. The lowest BCUT2D eigenvalue weighted by Crippen LogP contribution is -2.27. The number of nitrogens with one attached hydrogen (secondary N) is 1. The van der Waals surface area contributed by atoms with Gasteiger partial charge in [-0.1, -0.05) is 24.3 Å². The van der Waals surface area contributed by atoms with Gasteiger partial charge in [0.2, 0.25) is 0 Å². The van der Waals surface area contributed by atoms with Crippen LogP contribution in [0.5, 0.6) is 5.75 Å². The van der Waals surface area contributed by atoms with Crippen molar-refractivity contribution in [2.45, 2.75) is 13.0 Å². The summed E-state index contributed by atoms with van der Waals surface area (Å²) in [4.78, 5) is 16.0. The van der Waals surface area contributed by atoms with Gasteiger partial charge in [-0.25, -0.2) is 0 Å². The van der Waals surface area contributed by atoms with Gasteiger partial charge in [0.15, 0.2) is 0 Å². The smallest absolute Gasteiger partial charge is 0.270 e. The number of carbonyl (C=O) groups is 1. The summed E-state index contributed by atoms with van der Waals surface area (Å²) in [6.45, 7) is 1.92. The van der Waals surface area contributed by atoms with E-state index < -0.39 is 0 Å². The van der Waals surface area contributed by atoms with Crippen molar-refractivity contribution >= 4 is 5.91 Å². The fourth-order valence-corrected chi connectivity index (χ4v) is 1.87. The highest BCUT2D eigenvalue weighted by Crippen LogP contribution is 2.24. The van der Waals surface area contributed by atoms with Crippen LogP contribution in [0.3, 0.4) is 0 Å². The van der Waals surface area contributed by atoms with Crippen LogP contribution in [0.2, 0.25) is 0 Å². The number of pyridine rings is 1. The van der Waals surface area contributed by atoms with E-state index in [1.165, 1.54) is 0 Å². The van der Waals surface area contributed by atoms with Crippen LogP contribution in [0.15, 0.2) is 48.7 Å². The number of methoxy groups -OCH3 is 1. The van der Waals surface area contributed by atoms with E-state index in [0.717, 1.165) is 11.3 Å². The number of hydrogen-bond acceptors (Lipinski definition) is 3. The van der Waals surface area contributed by atoms with Crippen LogP contribution in [0.25, 0.3) is 0 Å². The molecule has 1 aromatic carbocycles. The zero-order chi connectivity index (χ0) is 13.7. The molecule has 0 aliphatic carbocycles. The van der Waals surface area contributed by atoms with Crippen molar-refractivity contribution in [1.29, 1.82) is 0 Å². The molecule has 2 aromatic rings. The monoisotopic (exact) mass is 256 g/mol. The lowest BCUT2D eigenvalue weighted by molar-refractivity contribution is 0.0934. The summed E-state index contributed by atoms with van der Waals surface area (Å²) in [6.07, 6.45) is 1.60. The fourth-order valence-electron chi connectivity index (χ4n) is 1.87. The summed E-state index contributed by atoms with van der Waals surface area (Å²) in [7, 11) is 1.62. The normalized spacial score (nSPS) is 11.7. The molecule has 0 saturated heterocycles. The van der Waals surface area contributed by atoms with Crippen LogP contribution < -0.4 is 10.1 Å². The molecule has 1 heterocycles. The molecular formula is C15H16N2O2. The number of benzene rings is 1. The van der Waals surface area contributed by atoms with Gasteiger partial charge in [-0.05, 0) is 25.1 Å².